The first-order valence-electron chi connectivity index (χ1n) is 5.87. The molecule has 1 atom stereocenters. The van der Waals surface area contributed by atoms with Crippen molar-refractivity contribution in [3.8, 4) is 0 Å². The average molecular weight is 226 g/mol. The van der Waals surface area contributed by atoms with Gasteiger partial charge in [-0.1, -0.05) is 0 Å². The van der Waals surface area contributed by atoms with E-state index < -0.39 is 0 Å². The van der Waals surface area contributed by atoms with Crippen LogP contribution in [0.4, 0.5) is 0 Å². The summed E-state index contributed by atoms with van der Waals surface area (Å²) in [6.45, 7) is 3.98. The van der Waals surface area contributed by atoms with Crippen molar-refractivity contribution < 1.29 is 14.3 Å². The minimum atomic E-state index is 0.0385. The highest BCUT2D eigenvalue weighted by Crippen LogP contribution is 2.17. The minimum absolute atomic E-state index is 0.0385. The predicted octanol–water partition coefficient (Wildman–Crippen LogP) is -0.286. The summed E-state index contributed by atoms with van der Waals surface area (Å²) >= 11 is 0. The van der Waals surface area contributed by atoms with Gasteiger partial charge in [0, 0.05) is 32.8 Å². The lowest BCUT2D eigenvalue weighted by Gasteiger charge is -2.35. The number of rotatable bonds is 2. The van der Waals surface area contributed by atoms with Crippen molar-refractivity contribution in [2.75, 3.05) is 39.4 Å². The minimum Gasteiger partial charge on any atom is -0.381 e. The van der Waals surface area contributed by atoms with Gasteiger partial charge in [-0.3, -0.25) is 9.59 Å². The molecule has 0 spiro atoms. The van der Waals surface area contributed by atoms with E-state index in [2.05, 4.69) is 0 Å². The Morgan fingerprint density at radius 1 is 1.25 bits per heavy atom. The van der Waals surface area contributed by atoms with Crippen LogP contribution in [0.2, 0.25) is 0 Å². The molecule has 2 amide bonds. The molecule has 2 fully saturated rings. The number of carbonyl (C=O) groups excluding carboxylic acids is 2. The Hall–Kier alpha value is -1.10. The SMILES string of the molecule is O=CN1CCN(C(=O)C2CCCOC2)CC1. The molecule has 0 radical (unpaired) electrons. The lowest BCUT2D eigenvalue weighted by Crippen LogP contribution is -2.50. The van der Waals surface area contributed by atoms with E-state index in [1.165, 1.54) is 0 Å². The third-order valence-electron chi connectivity index (χ3n) is 3.28. The molecule has 2 aliphatic heterocycles. The standard InChI is InChI=1S/C11H18N2O3/c14-9-12-3-5-13(6-4-12)11(15)10-2-1-7-16-8-10/h9-10H,1-8H2. The van der Waals surface area contributed by atoms with Crippen LogP contribution in [0.25, 0.3) is 0 Å². The molecule has 0 bridgehead atoms. The third kappa shape index (κ3) is 2.52. The molecule has 0 N–H and O–H groups in total. The maximum absolute atomic E-state index is 12.1. The summed E-state index contributed by atoms with van der Waals surface area (Å²) in [6, 6.07) is 0. The summed E-state index contributed by atoms with van der Waals surface area (Å²) in [7, 11) is 0. The maximum Gasteiger partial charge on any atom is 0.228 e. The number of ether oxygens (including phenoxy) is 1. The van der Waals surface area contributed by atoms with Crippen LogP contribution >= 0.6 is 0 Å². The van der Waals surface area contributed by atoms with Crippen LogP contribution in [0.3, 0.4) is 0 Å². The predicted molar refractivity (Wildman–Crippen MR) is 57.8 cm³/mol. The first-order chi connectivity index (χ1) is 7.81. The van der Waals surface area contributed by atoms with Gasteiger partial charge < -0.3 is 14.5 Å². The number of hydrogen-bond acceptors (Lipinski definition) is 3. The molecule has 0 aliphatic carbocycles. The van der Waals surface area contributed by atoms with Crippen LogP contribution in [-0.4, -0.2) is 61.5 Å². The molecule has 2 heterocycles. The highest BCUT2D eigenvalue weighted by Gasteiger charge is 2.28. The van der Waals surface area contributed by atoms with Gasteiger partial charge in [-0.25, -0.2) is 0 Å². The van der Waals surface area contributed by atoms with E-state index in [0.29, 0.717) is 32.8 Å². The second kappa shape index (κ2) is 5.30. The Bertz CT molecular complexity index is 256. The van der Waals surface area contributed by atoms with Crippen molar-refractivity contribution in [2.45, 2.75) is 12.8 Å². The Labute approximate surface area is 95.3 Å². The zero-order valence-corrected chi connectivity index (χ0v) is 9.43. The lowest BCUT2D eigenvalue weighted by molar-refractivity contribution is -0.142. The number of carbonyl (C=O) groups is 2. The van der Waals surface area contributed by atoms with Crippen molar-refractivity contribution in [3.63, 3.8) is 0 Å². The molecule has 2 rings (SSSR count). The highest BCUT2D eigenvalue weighted by molar-refractivity contribution is 5.79. The normalized spacial score (nSPS) is 26.6. The quantitative estimate of drug-likeness (QED) is 0.608. The van der Waals surface area contributed by atoms with Crippen LogP contribution in [0.1, 0.15) is 12.8 Å². The Morgan fingerprint density at radius 3 is 2.56 bits per heavy atom. The van der Waals surface area contributed by atoms with E-state index in [4.69, 9.17) is 4.74 Å². The van der Waals surface area contributed by atoms with E-state index in [1.807, 2.05) is 4.90 Å². The van der Waals surface area contributed by atoms with Crippen LogP contribution in [0, 0.1) is 5.92 Å². The van der Waals surface area contributed by atoms with Gasteiger partial charge in [0.05, 0.1) is 12.5 Å². The van der Waals surface area contributed by atoms with Gasteiger partial charge >= 0.3 is 0 Å². The molecule has 5 heteroatoms. The number of piperazine rings is 1. The summed E-state index contributed by atoms with van der Waals surface area (Å²) in [5.74, 6) is 0.238. The molecule has 1 unspecified atom stereocenters. The number of hydrogen-bond donors (Lipinski definition) is 0. The smallest absolute Gasteiger partial charge is 0.228 e. The van der Waals surface area contributed by atoms with Crippen molar-refractivity contribution in [1.82, 2.24) is 9.80 Å². The molecule has 90 valence electrons. The Balaban J connectivity index is 1.83. The fraction of sp³-hybridized carbons (Fsp3) is 0.818. The third-order valence-corrected chi connectivity index (χ3v) is 3.28. The molecular weight excluding hydrogens is 208 g/mol. The monoisotopic (exact) mass is 226 g/mol. The van der Waals surface area contributed by atoms with Crippen LogP contribution < -0.4 is 0 Å². The molecule has 0 saturated carbocycles. The second-order valence-corrected chi connectivity index (χ2v) is 4.38. The Morgan fingerprint density at radius 2 is 2.00 bits per heavy atom. The highest BCUT2D eigenvalue weighted by atomic mass is 16.5. The molecule has 0 aromatic heterocycles. The fourth-order valence-electron chi connectivity index (χ4n) is 2.24. The van der Waals surface area contributed by atoms with Gasteiger partial charge in [0.15, 0.2) is 0 Å². The van der Waals surface area contributed by atoms with Gasteiger partial charge in [-0.2, -0.15) is 0 Å². The molecule has 2 saturated heterocycles. The first-order valence-corrected chi connectivity index (χ1v) is 5.87. The first kappa shape index (κ1) is 11.4. The molecule has 0 aromatic rings. The summed E-state index contributed by atoms with van der Waals surface area (Å²) in [6.07, 6.45) is 2.77. The van der Waals surface area contributed by atoms with Crippen molar-refractivity contribution in [1.29, 1.82) is 0 Å². The fourth-order valence-corrected chi connectivity index (χ4v) is 2.24. The van der Waals surface area contributed by atoms with Gasteiger partial charge in [0.1, 0.15) is 0 Å². The van der Waals surface area contributed by atoms with E-state index in [0.717, 1.165) is 25.9 Å². The van der Waals surface area contributed by atoms with E-state index in [-0.39, 0.29) is 11.8 Å². The van der Waals surface area contributed by atoms with Crippen LogP contribution in [0.15, 0.2) is 0 Å². The lowest BCUT2D eigenvalue weighted by atomic mass is 10.0. The number of nitrogens with zero attached hydrogens (tertiary/aromatic N) is 2. The molecule has 16 heavy (non-hydrogen) atoms. The maximum atomic E-state index is 12.1. The van der Waals surface area contributed by atoms with E-state index in [9.17, 15) is 9.59 Å². The average Bonchev–Trinajstić information content (AvgIpc) is 2.39. The summed E-state index contributed by atoms with van der Waals surface area (Å²) in [5.41, 5.74) is 0. The molecular formula is C11H18N2O3. The zero-order chi connectivity index (χ0) is 11.4. The molecule has 0 aromatic carbocycles. The van der Waals surface area contributed by atoms with Gasteiger partial charge in [0.2, 0.25) is 12.3 Å². The summed E-state index contributed by atoms with van der Waals surface area (Å²) in [4.78, 5) is 26.2. The topological polar surface area (TPSA) is 49.9 Å². The van der Waals surface area contributed by atoms with Gasteiger partial charge in [-0.15, -0.1) is 0 Å². The second-order valence-electron chi connectivity index (χ2n) is 4.38. The summed E-state index contributed by atoms with van der Waals surface area (Å²) in [5, 5.41) is 0. The van der Waals surface area contributed by atoms with Gasteiger partial charge in [0.25, 0.3) is 0 Å². The van der Waals surface area contributed by atoms with Crippen molar-refractivity contribution >= 4 is 12.3 Å². The van der Waals surface area contributed by atoms with E-state index >= 15 is 0 Å². The molecule has 5 nitrogen and oxygen atoms in total. The van der Waals surface area contributed by atoms with Crippen LogP contribution in [-0.2, 0) is 14.3 Å². The Kier molecular flexibility index (Phi) is 3.77. The number of amides is 2. The van der Waals surface area contributed by atoms with Crippen molar-refractivity contribution in [2.24, 2.45) is 5.92 Å². The summed E-state index contributed by atoms with van der Waals surface area (Å²) < 4.78 is 5.32. The van der Waals surface area contributed by atoms with Gasteiger partial charge in [-0.05, 0) is 12.8 Å². The zero-order valence-electron chi connectivity index (χ0n) is 9.43. The largest absolute Gasteiger partial charge is 0.381 e. The molecule has 2 aliphatic rings. The van der Waals surface area contributed by atoms with Crippen molar-refractivity contribution in [3.05, 3.63) is 0 Å². The van der Waals surface area contributed by atoms with Crippen LogP contribution in [0.5, 0.6) is 0 Å². The van der Waals surface area contributed by atoms with E-state index in [1.54, 1.807) is 4.90 Å².